The van der Waals surface area contributed by atoms with Gasteiger partial charge in [-0.1, -0.05) is 128 Å². The van der Waals surface area contributed by atoms with Gasteiger partial charge >= 0.3 is 0 Å². The zero-order valence-corrected chi connectivity index (χ0v) is 23.9. The fourth-order valence-electron chi connectivity index (χ4n) is 5.48. The summed E-state index contributed by atoms with van der Waals surface area (Å²) in [6.45, 7) is 6.49. The molecule has 41 heavy (non-hydrogen) atoms. The molecule has 5 aromatic rings. The molecule has 2 heterocycles. The minimum Gasteiger partial charge on any atom is -0.251 e. The Bertz CT molecular complexity index is 1870. The van der Waals surface area contributed by atoms with Crippen LogP contribution in [0.4, 0.5) is 0 Å². The third kappa shape index (κ3) is 5.73. The monoisotopic (exact) mass is 530 g/mol. The van der Waals surface area contributed by atoms with E-state index in [4.69, 9.17) is 9.97 Å². The molecule has 1 aliphatic rings. The number of aromatic nitrogens is 2. The highest BCUT2D eigenvalue weighted by Crippen LogP contribution is 2.35. The van der Waals surface area contributed by atoms with Crippen LogP contribution in [0.3, 0.4) is 0 Å². The molecule has 2 heteroatoms. The number of pyridine rings is 2. The summed E-state index contributed by atoms with van der Waals surface area (Å²) < 4.78 is 0. The number of allylic oxidation sites excluding steroid dienone is 10. The average Bonchev–Trinajstić information content (AvgIpc) is 3.31. The van der Waals surface area contributed by atoms with Crippen LogP contribution in [-0.4, -0.2) is 9.97 Å². The molecule has 0 radical (unpaired) electrons. The van der Waals surface area contributed by atoms with Crippen LogP contribution in [0, 0.1) is 6.92 Å². The highest BCUT2D eigenvalue weighted by molar-refractivity contribution is 6.08. The first-order chi connectivity index (χ1) is 20.1. The second-order valence-corrected chi connectivity index (χ2v) is 10.7. The summed E-state index contributed by atoms with van der Waals surface area (Å²) in [6, 6.07) is 32.1. The molecule has 0 saturated heterocycles. The third-order valence-electron chi connectivity index (χ3n) is 7.71. The van der Waals surface area contributed by atoms with Gasteiger partial charge in [0, 0.05) is 28.1 Å². The van der Waals surface area contributed by atoms with Crippen molar-refractivity contribution >= 4 is 27.4 Å². The maximum atomic E-state index is 5.30. The fourth-order valence-corrected chi connectivity index (χ4v) is 5.48. The van der Waals surface area contributed by atoms with E-state index in [9.17, 15) is 0 Å². The largest absolute Gasteiger partial charge is 0.251 e. The lowest BCUT2D eigenvalue weighted by Crippen LogP contribution is -1.99. The van der Waals surface area contributed by atoms with E-state index in [1.165, 1.54) is 33.4 Å². The Kier molecular flexibility index (Phi) is 7.56. The SMILES string of the molecule is C/C(=C\C(=C/C(C)c1cc(-c2ccccc2)c2ccc3ccc(C)nc3c2n1)c1ccccc1)C1=CCC=CC=C1. The van der Waals surface area contributed by atoms with Crippen LogP contribution in [0.5, 0.6) is 0 Å². The number of fused-ring (bicyclic) bond motifs is 3. The first kappa shape index (κ1) is 26.4. The van der Waals surface area contributed by atoms with Crippen LogP contribution in [0.15, 0.2) is 145 Å². The normalized spacial score (nSPS) is 14.8. The quantitative estimate of drug-likeness (QED) is 0.161. The Morgan fingerprint density at radius 1 is 0.829 bits per heavy atom. The number of nitrogens with zero attached hydrogens (tertiary/aromatic N) is 2. The van der Waals surface area contributed by atoms with E-state index >= 15 is 0 Å². The number of hydrogen-bond acceptors (Lipinski definition) is 2. The lowest BCUT2D eigenvalue weighted by atomic mass is 9.92. The van der Waals surface area contributed by atoms with Crippen molar-refractivity contribution in [1.82, 2.24) is 9.97 Å². The smallest absolute Gasteiger partial charge is 0.0974 e. The molecule has 0 N–H and O–H groups in total. The van der Waals surface area contributed by atoms with Crippen molar-refractivity contribution in [1.29, 1.82) is 0 Å². The van der Waals surface area contributed by atoms with Crippen LogP contribution in [-0.2, 0) is 0 Å². The molecule has 1 atom stereocenters. The third-order valence-corrected chi connectivity index (χ3v) is 7.71. The molecule has 0 fully saturated rings. The number of aryl methyl sites for hydroxylation is 1. The molecule has 0 aliphatic heterocycles. The van der Waals surface area contributed by atoms with Crippen molar-refractivity contribution in [2.45, 2.75) is 33.1 Å². The first-order valence-electron chi connectivity index (χ1n) is 14.3. The summed E-state index contributed by atoms with van der Waals surface area (Å²) in [5, 5.41) is 2.24. The molecule has 0 saturated carbocycles. The minimum atomic E-state index is 0.0708. The Labute approximate surface area is 242 Å². The second-order valence-electron chi connectivity index (χ2n) is 10.7. The van der Waals surface area contributed by atoms with Crippen molar-refractivity contribution in [3.05, 3.63) is 162 Å². The predicted octanol–water partition coefficient (Wildman–Crippen LogP) is 10.3. The lowest BCUT2D eigenvalue weighted by molar-refractivity contribution is 0.920. The molecule has 200 valence electrons. The summed E-state index contributed by atoms with van der Waals surface area (Å²) >= 11 is 0. The Balaban J connectivity index is 1.53. The van der Waals surface area contributed by atoms with Gasteiger partial charge in [-0.2, -0.15) is 0 Å². The molecular weight excluding hydrogens is 496 g/mol. The van der Waals surface area contributed by atoms with Crippen molar-refractivity contribution in [2.75, 3.05) is 0 Å². The van der Waals surface area contributed by atoms with E-state index in [0.29, 0.717) is 0 Å². The second kappa shape index (κ2) is 11.7. The number of rotatable bonds is 6. The van der Waals surface area contributed by atoms with Crippen LogP contribution in [0.2, 0.25) is 0 Å². The van der Waals surface area contributed by atoms with Crippen LogP contribution in [0.25, 0.3) is 38.5 Å². The molecule has 0 amide bonds. The molecule has 0 spiro atoms. The number of hydrogen-bond donors (Lipinski definition) is 0. The van der Waals surface area contributed by atoms with Gasteiger partial charge in [0.2, 0.25) is 0 Å². The van der Waals surface area contributed by atoms with Gasteiger partial charge in [-0.15, -0.1) is 0 Å². The minimum absolute atomic E-state index is 0.0708. The van der Waals surface area contributed by atoms with Crippen LogP contribution < -0.4 is 0 Å². The lowest BCUT2D eigenvalue weighted by Gasteiger charge is -2.16. The van der Waals surface area contributed by atoms with Gasteiger partial charge in [0.25, 0.3) is 0 Å². The first-order valence-corrected chi connectivity index (χ1v) is 14.3. The summed E-state index contributed by atoms with van der Waals surface area (Å²) in [5.74, 6) is 0.0708. The van der Waals surface area contributed by atoms with Crippen molar-refractivity contribution in [3.63, 3.8) is 0 Å². The van der Waals surface area contributed by atoms with E-state index in [2.05, 4.69) is 147 Å². The van der Waals surface area contributed by atoms with E-state index in [1.807, 2.05) is 6.92 Å². The van der Waals surface area contributed by atoms with Crippen LogP contribution in [0.1, 0.15) is 43.1 Å². The molecule has 0 bridgehead atoms. The van der Waals surface area contributed by atoms with Gasteiger partial charge in [0.1, 0.15) is 0 Å². The molecule has 2 nitrogen and oxygen atoms in total. The average molecular weight is 531 g/mol. The maximum absolute atomic E-state index is 5.30. The van der Waals surface area contributed by atoms with Gasteiger partial charge in [0.05, 0.1) is 11.0 Å². The predicted molar refractivity (Wildman–Crippen MR) is 175 cm³/mol. The van der Waals surface area contributed by atoms with Gasteiger partial charge in [-0.25, -0.2) is 4.98 Å². The summed E-state index contributed by atoms with van der Waals surface area (Å²) in [7, 11) is 0. The number of benzene rings is 3. The summed E-state index contributed by atoms with van der Waals surface area (Å²) in [6.07, 6.45) is 16.5. The topological polar surface area (TPSA) is 25.8 Å². The fraction of sp³-hybridized carbons (Fsp3) is 0.128. The van der Waals surface area contributed by atoms with Crippen molar-refractivity contribution < 1.29 is 0 Å². The van der Waals surface area contributed by atoms with Crippen molar-refractivity contribution in [2.24, 2.45) is 0 Å². The van der Waals surface area contributed by atoms with Gasteiger partial charge in [-0.05, 0) is 65.8 Å². The standard InChI is InChI=1S/C39H34N2/c1-27(30-14-8-4-5-9-15-30)24-34(31-16-10-6-11-17-31)25-28(2)37-26-36(32-18-12-7-13-19-32)35-23-22-33-21-20-29(3)40-38(33)39(35)41-37/h4-8,10-26,28H,9H2,1-3H3/b27-24+,34-25+. The van der Waals surface area contributed by atoms with E-state index in [-0.39, 0.29) is 5.92 Å². The van der Waals surface area contributed by atoms with Crippen LogP contribution >= 0.6 is 0 Å². The Morgan fingerprint density at radius 2 is 1.59 bits per heavy atom. The van der Waals surface area contributed by atoms with E-state index in [1.54, 1.807) is 0 Å². The summed E-state index contributed by atoms with van der Waals surface area (Å²) in [5.41, 5.74) is 11.2. The van der Waals surface area contributed by atoms with Crippen molar-refractivity contribution in [3.8, 4) is 11.1 Å². The highest BCUT2D eigenvalue weighted by Gasteiger charge is 2.15. The summed E-state index contributed by atoms with van der Waals surface area (Å²) in [4.78, 5) is 10.2. The molecular formula is C39H34N2. The van der Waals surface area contributed by atoms with Gasteiger partial charge < -0.3 is 0 Å². The van der Waals surface area contributed by atoms with Gasteiger partial charge in [0.15, 0.2) is 0 Å². The molecule has 3 aromatic carbocycles. The highest BCUT2D eigenvalue weighted by atomic mass is 14.8. The molecule has 2 aromatic heterocycles. The molecule has 6 rings (SSSR count). The molecule has 1 aliphatic carbocycles. The molecule has 1 unspecified atom stereocenters. The van der Waals surface area contributed by atoms with Gasteiger partial charge in [-0.3, -0.25) is 4.98 Å². The van der Waals surface area contributed by atoms with E-state index in [0.717, 1.165) is 39.6 Å². The Hall–Kier alpha value is -4.82. The zero-order chi connectivity index (χ0) is 28.2. The Morgan fingerprint density at radius 3 is 2.39 bits per heavy atom. The zero-order valence-electron chi connectivity index (χ0n) is 23.9. The van der Waals surface area contributed by atoms with E-state index < -0.39 is 0 Å². The maximum Gasteiger partial charge on any atom is 0.0974 e.